The SMILES string of the molecule is Cc1ccc(Nc2ncc(N)c(C)n2)cc1. The van der Waals surface area contributed by atoms with Gasteiger partial charge < -0.3 is 11.1 Å². The molecular weight excluding hydrogens is 200 g/mol. The third-order valence-corrected chi connectivity index (χ3v) is 2.33. The lowest BCUT2D eigenvalue weighted by molar-refractivity contribution is 1.11. The van der Waals surface area contributed by atoms with E-state index in [1.807, 2.05) is 38.1 Å². The smallest absolute Gasteiger partial charge is 0.227 e. The van der Waals surface area contributed by atoms with E-state index in [2.05, 4.69) is 15.3 Å². The molecule has 0 aliphatic rings. The first-order chi connectivity index (χ1) is 7.65. The first kappa shape index (κ1) is 10.4. The molecule has 0 aliphatic heterocycles. The van der Waals surface area contributed by atoms with Crippen molar-refractivity contribution in [3.05, 3.63) is 41.7 Å². The maximum Gasteiger partial charge on any atom is 0.227 e. The van der Waals surface area contributed by atoms with Crippen LogP contribution in [-0.2, 0) is 0 Å². The molecule has 0 saturated heterocycles. The van der Waals surface area contributed by atoms with Crippen LogP contribution < -0.4 is 11.1 Å². The van der Waals surface area contributed by atoms with Gasteiger partial charge in [-0.1, -0.05) is 17.7 Å². The molecule has 1 aromatic carbocycles. The number of anilines is 3. The number of nitrogens with one attached hydrogen (secondary N) is 1. The Morgan fingerprint density at radius 2 is 1.81 bits per heavy atom. The fraction of sp³-hybridized carbons (Fsp3) is 0.167. The highest BCUT2D eigenvalue weighted by molar-refractivity contribution is 5.55. The van der Waals surface area contributed by atoms with Gasteiger partial charge in [0.2, 0.25) is 5.95 Å². The van der Waals surface area contributed by atoms with E-state index in [9.17, 15) is 0 Å². The summed E-state index contributed by atoms with van der Waals surface area (Å²) in [5.41, 5.74) is 9.23. The Bertz CT molecular complexity index is 491. The summed E-state index contributed by atoms with van der Waals surface area (Å²) in [7, 11) is 0. The van der Waals surface area contributed by atoms with Gasteiger partial charge in [-0.25, -0.2) is 9.97 Å². The summed E-state index contributed by atoms with van der Waals surface area (Å²) in [6.45, 7) is 3.91. The van der Waals surface area contributed by atoms with Gasteiger partial charge >= 0.3 is 0 Å². The van der Waals surface area contributed by atoms with Gasteiger partial charge in [0.15, 0.2) is 0 Å². The van der Waals surface area contributed by atoms with Gasteiger partial charge in [-0.2, -0.15) is 0 Å². The highest BCUT2D eigenvalue weighted by atomic mass is 15.1. The van der Waals surface area contributed by atoms with Crippen LogP contribution in [0.2, 0.25) is 0 Å². The van der Waals surface area contributed by atoms with Crippen molar-refractivity contribution in [1.29, 1.82) is 0 Å². The maximum atomic E-state index is 5.65. The number of benzene rings is 1. The van der Waals surface area contributed by atoms with E-state index in [4.69, 9.17) is 5.73 Å². The minimum Gasteiger partial charge on any atom is -0.396 e. The number of rotatable bonds is 2. The number of aryl methyl sites for hydroxylation is 2. The van der Waals surface area contributed by atoms with Crippen molar-refractivity contribution in [3.63, 3.8) is 0 Å². The lowest BCUT2D eigenvalue weighted by Gasteiger charge is -2.06. The second-order valence-corrected chi connectivity index (χ2v) is 3.73. The van der Waals surface area contributed by atoms with Crippen molar-refractivity contribution < 1.29 is 0 Å². The molecule has 0 spiro atoms. The van der Waals surface area contributed by atoms with Gasteiger partial charge in [-0.05, 0) is 26.0 Å². The zero-order chi connectivity index (χ0) is 11.5. The molecule has 1 aromatic heterocycles. The van der Waals surface area contributed by atoms with Crippen molar-refractivity contribution in [1.82, 2.24) is 9.97 Å². The van der Waals surface area contributed by atoms with Gasteiger partial charge in [-0.15, -0.1) is 0 Å². The Kier molecular flexibility index (Phi) is 2.72. The monoisotopic (exact) mass is 214 g/mol. The predicted octanol–water partition coefficient (Wildman–Crippen LogP) is 2.42. The molecule has 0 unspecified atom stereocenters. The molecule has 0 bridgehead atoms. The first-order valence-electron chi connectivity index (χ1n) is 5.08. The number of hydrogen-bond acceptors (Lipinski definition) is 4. The summed E-state index contributed by atoms with van der Waals surface area (Å²) in [5.74, 6) is 0.565. The van der Waals surface area contributed by atoms with Crippen LogP contribution >= 0.6 is 0 Å². The molecule has 3 N–H and O–H groups in total. The van der Waals surface area contributed by atoms with E-state index in [1.165, 1.54) is 5.56 Å². The Morgan fingerprint density at radius 1 is 1.12 bits per heavy atom. The van der Waals surface area contributed by atoms with Crippen LogP contribution in [0.15, 0.2) is 30.5 Å². The molecule has 1 heterocycles. The van der Waals surface area contributed by atoms with Crippen LogP contribution in [0.1, 0.15) is 11.3 Å². The predicted molar refractivity (Wildman–Crippen MR) is 65.6 cm³/mol. The van der Waals surface area contributed by atoms with Crippen LogP contribution in [0.3, 0.4) is 0 Å². The third-order valence-electron chi connectivity index (χ3n) is 2.33. The minimum atomic E-state index is 0.565. The molecular formula is C12H14N4. The summed E-state index contributed by atoms with van der Waals surface area (Å²) >= 11 is 0. The summed E-state index contributed by atoms with van der Waals surface area (Å²) < 4.78 is 0. The highest BCUT2D eigenvalue weighted by Gasteiger charge is 2.00. The lowest BCUT2D eigenvalue weighted by Crippen LogP contribution is -2.01. The zero-order valence-corrected chi connectivity index (χ0v) is 9.36. The fourth-order valence-corrected chi connectivity index (χ4v) is 1.30. The van der Waals surface area contributed by atoms with Crippen LogP contribution in [0.4, 0.5) is 17.3 Å². The van der Waals surface area contributed by atoms with E-state index in [-0.39, 0.29) is 0 Å². The second-order valence-electron chi connectivity index (χ2n) is 3.73. The molecule has 0 atom stereocenters. The van der Waals surface area contributed by atoms with E-state index in [0.717, 1.165) is 11.4 Å². The number of nitrogen functional groups attached to an aromatic ring is 1. The van der Waals surface area contributed by atoms with Gasteiger partial charge in [0.1, 0.15) is 0 Å². The molecule has 0 fully saturated rings. The average Bonchev–Trinajstić information content (AvgIpc) is 2.27. The molecule has 16 heavy (non-hydrogen) atoms. The van der Waals surface area contributed by atoms with Gasteiger partial charge in [0, 0.05) is 5.69 Å². The van der Waals surface area contributed by atoms with Crippen LogP contribution in [-0.4, -0.2) is 9.97 Å². The largest absolute Gasteiger partial charge is 0.396 e. The number of hydrogen-bond donors (Lipinski definition) is 2. The van der Waals surface area contributed by atoms with Gasteiger partial charge in [0.25, 0.3) is 0 Å². The Hall–Kier alpha value is -2.10. The second kappa shape index (κ2) is 4.18. The standard InChI is InChI=1S/C12H14N4/c1-8-3-5-10(6-4-8)16-12-14-7-11(13)9(2)15-12/h3-7H,13H2,1-2H3,(H,14,15,16). The number of nitrogens with two attached hydrogens (primary N) is 1. The minimum absolute atomic E-state index is 0.565. The molecule has 82 valence electrons. The summed E-state index contributed by atoms with van der Waals surface area (Å²) in [6.07, 6.45) is 1.61. The number of nitrogens with zero attached hydrogens (tertiary/aromatic N) is 2. The molecule has 2 rings (SSSR count). The molecule has 0 saturated carbocycles. The van der Waals surface area contributed by atoms with E-state index in [0.29, 0.717) is 11.6 Å². The number of aromatic nitrogens is 2. The van der Waals surface area contributed by atoms with Crippen molar-refractivity contribution in [2.45, 2.75) is 13.8 Å². The first-order valence-corrected chi connectivity index (χ1v) is 5.08. The quantitative estimate of drug-likeness (QED) is 0.805. The Balaban J connectivity index is 2.20. The fourth-order valence-electron chi connectivity index (χ4n) is 1.30. The Labute approximate surface area is 94.5 Å². The lowest BCUT2D eigenvalue weighted by atomic mass is 10.2. The van der Waals surface area contributed by atoms with E-state index >= 15 is 0 Å². The molecule has 2 aromatic rings. The average molecular weight is 214 g/mol. The molecule has 4 nitrogen and oxygen atoms in total. The maximum absolute atomic E-state index is 5.65. The topological polar surface area (TPSA) is 63.8 Å². The van der Waals surface area contributed by atoms with E-state index < -0.39 is 0 Å². The molecule has 0 amide bonds. The van der Waals surface area contributed by atoms with Crippen LogP contribution in [0.5, 0.6) is 0 Å². The molecule has 0 radical (unpaired) electrons. The Morgan fingerprint density at radius 3 is 2.44 bits per heavy atom. The third kappa shape index (κ3) is 2.28. The van der Waals surface area contributed by atoms with Crippen molar-refractivity contribution in [3.8, 4) is 0 Å². The van der Waals surface area contributed by atoms with Gasteiger partial charge in [0.05, 0.1) is 17.6 Å². The van der Waals surface area contributed by atoms with Gasteiger partial charge in [-0.3, -0.25) is 0 Å². The van der Waals surface area contributed by atoms with Crippen molar-refractivity contribution in [2.24, 2.45) is 0 Å². The molecule has 0 aliphatic carbocycles. The van der Waals surface area contributed by atoms with E-state index in [1.54, 1.807) is 6.20 Å². The summed E-state index contributed by atoms with van der Waals surface area (Å²) in [4.78, 5) is 8.35. The van der Waals surface area contributed by atoms with Crippen molar-refractivity contribution in [2.75, 3.05) is 11.1 Å². The van der Waals surface area contributed by atoms with Crippen molar-refractivity contribution >= 4 is 17.3 Å². The molecule has 4 heteroatoms. The normalized spacial score (nSPS) is 10.1. The summed E-state index contributed by atoms with van der Waals surface area (Å²) in [5, 5.41) is 3.12. The zero-order valence-electron chi connectivity index (χ0n) is 9.36. The highest BCUT2D eigenvalue weighted by Crippen LogP contribution is 2.15. The summed E-state index contributed by atoms with van der Waals surface area (Å²) in [6, 6.07) is 8.05. The van der Waals surface area contributed by atoms with Crippen LogP contribution in [0.25, 0.3) is 0 Å². The van der Waals surface area contributed by atoms with Crippen LogP contribution in [0, 0.1) is 13.8 Å².